The van der Waals surface area contributed by atoms with Gasteiger partial charge in [0.25, 0.3) is 0 Å². The maximum absolute atomic E-state index is 13.1. The summed E-state index contributed by atoms with van der Waals surface area (Å²) in [6.45, 7) is 3.97. The molecule has 6 heteroatoms. The predicted molar refractivity (Wildman–Crippen MR) is 121 cm³/mol. The summed E-state index contributed by atoms with van der Waals surface area (Å²) < 4.78 is 0. The molecule has 0 bridgehead atoms. The van der Waals surface area contributed by atoms with E-state index in [9.17, 15) is 4.79 Å². The summed E-state index contributed by atoms with van der Waals surface area (Å²) in [4.78, 5) is 26.7. The molecule has 0 unspecified atom stereocenters. The molecule has 0 spiro atoms. The minimum atomic E-state index is -0.690. The summed E-state index contributed by atoms with van der Waals surface area (Å²) in [6, 6.07) is 19.5. The van der Waals surface area contributed by atoms with E-state index in [0.717, 1.165) is 40.6 Å². The molecule has 0 aliphatic carbocycles. The van der Waals surface area contributed by atoms with Crippen LogP contribution in [0, 0.1) is 0 Å². The van der Waals surface area contributed by atoms with Gasteiger partial charge in [0.2, 0.25) is 5.91 Å². The Morgan fingerprint density at radius 1 is 1.10 bits per heavy atom. The average Bonchev–Trinajstić information content (AvgIpc) is 2.82. The van der Waals surface area contributed by atoms with E-state index in [-0.39, 0.29) is 5.91 Å². The number of anilines is 1. The number of amides is 1. The Hall–Kier alpha value is -2.92. The Bertz CT molecular complexity index is 1030. The lowest BCUT2D eigenvalue weighted by Gasteiger charge is -2.32. The molecule has 1 aliphatic rings. The van der Waals surface area contributed by atoms with Crippen molar-refractivity contribution in [2.24, 2.45) is 0 Å². The largest absolute Gasteiger partial charge is 0.360 e. The fraction of sp³-hybridized carbons (Fsp3) is 0.292. The molecule has 0 saturated carbocycles. The first-order valence-electron chi connectivity index (χ1n) is 10.2. The Labute approximate surface area is 182 Å². The Balaban J connectivity index is 1.66. The molecule has 3 aromatic rings. The second kappa shape index (κ2) is 8.84. The van der Waals surface area contributed by atoms with Crippen LogP contribution in [0.4, 0.5) is 5.82 Å². The van der Waals surface area contributed by atoms with Crippen molar-refractivity contribution in [3.8, 4) is 11.4 Å². The zero-order chi connectivity index (χ0) is 21.1. The molecule has 1 amide bonds. The molecule has 1 atom stereocenters. The smallest absolute Gasteiger partial charge is 0.245 e. The second-order valence-corrected chi connectivity index (χ2v) is 7.90. The summed E-state index contributed by atoms with van der Waals surface area (Å²) in [5, 5.41) is -0.690. The quantitative estimate of drug-likeness (QED) is 0.571. The first-order valence-corrected chi connectivity index (χ1v) is 10.7. The van der Waals surface area contributed by atoms with Crippen molar-refractivity contribution in [2.45, 2.75) is 25.3 Å². The van der Waals surface area contributed by atoms with E-state index in [1.165, 1.54) is 0 Å². The van der Waals surface area contributed by atoms with Crippen molar-refractivity contribution in [1.29, 1.82) is 0 Å². The molecule has 0 fully saturated rings. The second-order valence-electron chi connectivity index (χ2n) is 7.46. The van der Waals surface area contributed by atoms with Crippen LogP contribution in [-0.4, -0.2) is 40.9 Å². The lowest BCUT2D eigenvalue weighted by Crippen LogP contribution is -2.39. The number of rotatable bonds is 5. The zero-order valence-electron chi connectivity index (χ0n) is 17.3. The third-order valence-corrected chi connectivity index (χ3v) is 5.97. The van der Waals surface area contributed by atoms with Gasteiger partial charge in [0.05, 0.1) is 12.2 Å². The van der Waals surface area contributed by atoms with E-state index in [4.69, 9.17) is 21.6 Å². The van der Waals surface area contributed by atoms with E-state index in [1.807, 2.05) is 72.6 Å². The molecule has 0 radical (unpaired) electrons. The van der Waals surface area contributed by atoms with Gasteiger partial charge in [0.1, 0.15) is 11.2 Å². The maximum atomic E-state index is 13.1. The minimum Gasteiger partial charge on any atom is -0.360 e. The first kappa shape index (κ1) is 20.4. The fourth-order valence-electron chi connectivity index (χ4n) is 3.69. The van der Waals surface area contributed by atoms with Gasteiger partial charge in [-0.15, -0.1) is 11.6 Å². The number of halogens is 1. The summed E-state index contributed by atoms with van der Waals surface area (Å²) in [6.07, 6.45) is 0.687. The van der Waals surface area contributed by atoms with Crippen molar-refractivity contribution in [2.75, 3.05) is 25.0 Å². The molecule has 1 aliphatic heterocycles. The highest BCUT2D eigenvalue weighted by atomic mass is 35.5. The van der Waals surface area contributed by atoms with E-state index in [0.29, 0.717) is 19.5 Å². The number of hydrogen-bond donors (Lipinski definition) is 0. The molecule has 0 saturated heterocycles. The van der Waals surface area contributed by atoms with Gasteiger partial charge in [-0.3, -0.25) is 4.79 Å². The number of fused-ring (bicyclic) bond motifs is 1. The van der Waals surface area contributed by atoms with E-state index in [2.05, 4.69) is 11.8 Å². The van der Waals surface area contributed by atoms with Crippen LogP contribution < -0.4 is 4.90 Å². The molecule has 30 heavy (non-hydrogen) atoms. The molecule has 1 aromatic heterocycles. The minimum absolute atomic E-state index is 0.0780. The number of nitrogens with zero attached hydrogens (tertiary/aromatic N) is 4. The highest BCUT2D eigenvalue weighted by Crippen LogP contribution is 2.31. The van der Waals surface area contributed by atoms with E-state index >= 15 is 0 Å². The van der Waals surface area contributed by atoms with Crippen LogP contribution in [0.2, 0.25) is 0 Å². The number of hydrogen-bond acceptors (Lipinski definition) is 4. The SMILES string of the molecule is CCN(C)c1nc(-c2ccccc2)nc2c1CN(C(=O)[C@@H](Cl)c1ccccc1)CC2. The van der Waals surface area contributed by atoms with Gasteiger partial charge in [0, 0.05) is 37.7 Å². The molecule has 2 heterocycles. The highest BCUT2D eigenvalue weighted by molar-refractivity contribution is 6.30. The lowest BCUT2D eigenvalue weighted by atomic mass is 10.0. The maximum Gasteiger partial charge on any atom is 0.245 e. The van der Waals surface area contributed by atoms with Gasteiger partial charge in [-0.25, -0.2) is 9.97 Å². The number of carbonyl (C=O) groups excluding carboxylic acids is 1. The van der Waals surface area contributed by atoms with Crippen LogP contribution in [0.25, 0.3) is 11.4 Å². The van der Waals surface area contributed by atoms with E-state index < -0.39 is 5.38 Å². The zero-order valence-corrected chi connectivity index (χ0v) is 18.0. The Kier molecular flexibility index (Phi) is 6.00. The first-order chi connectivity index (χ1) is 14.6. The normalized spacial score (nSPS) is 14.2. The van der Waals surface area contributed by atoms with Crippen molar-refractivity contribution in [1.82, 2.24) is 14.9 Å². The number of carbonyl (C=O) groups is 1. The average molecular weight is 421 g/mol. The molecular formula is C24H25ClN4O. The lowest BCUT2D eigenvalue weighted by molar-refractivity contribution is -0.131. The van der Waals surface area contributed by atoms with Crippen LogP contribution in [-0.2, 0) is 17.8 Å². The Morgan fingerprint density at radius 3 is 2.43 bits per heavy atom. The summed E-state index contributed by atoms with van der Waals surface area (Å²) in [7, 11) is 2.02. The van der Waals surface area contributed by atoms with Crippen molar-refractivity contribution in [3.63, 3.8) is 0 Å². The van der Waals surface area contributed by atoms with Crippen LogP contribution in [0.15, 0.2) is 60.7 Å². The number of benzene rings is 2. The Morgan fingerprint density at radius 2 is 1.77 bits per heavy atom. The van der Waals surface area contributed by atoms with Crippen molar-refractivity contribution < 1.29 is 4.79 Å². The standard InChI is InChI=1S/C24H25ClN4O/c1-3-28(2)23-19-16-29(24(30)21(25)17-10-6-4-7-11-17)15-14-20(19)26-22(27-23)18-12-8-5-9-13-18/h4-13,21H,3,14-16H2,1-2H3/t21-/m0/s1. The fourth-order valence-corrected chi connectivity index (χ4v) is 3.98. The third kappa shape index (κ3) is 4.03. The van der Waals surface area contributed by atoms with Gasteiger partial charge >= 0.3 is 0 Å². The van der Waals surface area contributed by atoms with Gasteiger partial charge in [-0.1, -0.05) is 60.7 Å². The number of aromatic nitrogens is 2. The molecule has 154 valence electrons. The number of alkyl halides is 1. The summed E-state index contributed by atoms with van der Waals surface area (Å²) in [5.41, 5.74) is 3.83. The van der Waals surface area contributed by atoms with Crippen LogP contribution in [0.1, 0.15) is 29.1 Å². The van der Waals surface area contributed by atoms with Crippen molar-refractivity contribution in [3.05, 3.63) is 77.5 Å². The van der Waals surface area contributed by atoms with Crippen molar-refractivity contribution >= 4 is 23.3 Å². The van der Waals surface area contributed by atoms with Crippen LogP contribution in [0.3, 0.4) is 0 Å². The monoisotopic (exact) mass is 420 g/mol. The van der Waals surface area contributed by atoms with Gasteiger partial charge in [-0.2, -0.15) is 0 Å². The molecule has 0 N–H and O–H groups in total. The molecular weight excluding hydrogens is 396 g/mol. The third-order valence-electron chi connectivity index (χ3n) is 5.53. The van der Waals surface area contributed by atoms with E-state index in [1.54, 1.807) is 0 Å². The molecule has 4 rings (SSSR count). The summed E-state index contributed by atoms with van der Waals surface area (Å²) >= 11 is 6.52. The highest BCUT2D eigenvalue weighted by Gasteiger charge is 2.30. The van der Waals surface area contributed by atoms with Crippen LogP contribution in [0.5, 0.6) is 0 Å². The van der Waals surface area contributed by atoms with Gasteiger partial charge in [-0.05, 0) is 12.5 Å². The summed E-state index contributed by atoms with van der Waals surface area (Å²) in [5.74, 6) is 1.53. The van der Waals surface area contributed by atoms with Crippen LogP contribution >= 0.6 is 11.6 Å². The van der Waals surface area contributed by atoms with Gasteiger partial charge < -0.3 is 9.80 Å². The molecule has 5 nitrogen and oxygen atoms in total. The topological polar surface area (TPSA) is 49.3 Å². The molecule has 2 aromatic carbocycles. The predicted octanol–water partition coefficient (Wildman–Crippen LogP) is 4.46. The van der Waals surface area contributed by atoms with Gasteiger partial charge in [0.15, 0.2) is 5.82 Å².